The zero-order chi connectivity index (χ0) is 17.2. The molecule has 4 rings (SSSR count). The van der Waals surface area contributed by atoms with Gasteiger partial charge in [-0.05, 0) is 28.0 Å². The first kappa shape index (κ1) is 15.1. The van der Waals surface area contributed by atoms with E-state index in [1.54, 1.807) is 0 Å². The van der Waals surface area contributed by atoms with Crippen LogP contribution in [-0.4, -0.2) is 9.55 Å². The summed E-state index contributed by atoms with van der Waals surface area (Å²) in [6.07, 6.45) is 0. The molecule has 0 saturated carbocycles. The predicted molar refractivity (Wildman–Crippen MR) is 99.8 cm³/mol. The van der Waals surface area contributed by atoms with Gasteiger partial charge in [0, 0.05) is 6.07 Å². The lowest BCUT2D eigenvalue weighted by Gasteiger charge is -2.08. The Morgan fingerprint density at radius 2 is 1.48 bits per heavy atom. The number of hydrogen-bond acceptors (Lipinski definition) is 2. The van der Waals surface area contributed by atoms with Crippen molar-refractivity contribution in [2.45, 2.75) is 6.54 Å². The van der Waals surface area contributed by atoms with E-state index >= 15 is 0 Å². The minimum atomic E-state index is -0.403. The van der Waals surface area contributed by atoms with Crippen molar-refractivity contribution in [2.75, 3.05) is 0 Å². The third-order valence-corrected chi connectivity index (χ3v) is 4.26. The van der Waals surface area contributed by atoms with Gasteiger partial charge in [0.2, 0.25) is 0 Å². The number of aromatic amines is 1. The van der Waals surface area contributed by atoms with Crippen molar-refractivity contribution in [1.29, 1.82) is 0 Å². The lowest BCUT2D eigenvalue weighted by molar-refractivity contribution is 0.701. The highest BCUT2D eigenvalue weighted by atomic mass is 16.2. The molecule has 0 amide bonds. The fourth-order valence-electron chi connectivity index (χ4n) is 2.95. The molecular weight excluding hydrogens is 312 g/mol. The monoisotopic (exact) mass is 328 g/mol. The Kier molecular flexibility index (Phi) is 3.78. The van der Waals surface area contributed by atoms with Gasteiger partial charge in [0.1, 0.15) is 0 Å². The molecule has 25 heavy (non-hydrogen) atoms. The van der Waals surface area contributed by atoms with Gasteiger partial charge in [-0.15, -0.1) is 0 Å². The third kappa shape index (κ3) is 3.02. The van der Waals surface area contributed by atoms with Crippen molar-refractivity contribution >= 4 is 10.8 Å². The van der Waals surface area contributed by atoms with Crippen LogP contribution < -0.4 is 11.2 Å². The molecule has 4 aromatic rings. The molecule has 0 atom stereocenters. The minimum Gasteiger partial charge on any atom is -0.307 e. The van der Waals surface area contributed by atoms with E-state index < -0.39 is 5.69 Å². The first-order valence-electron chi connectivity index (χ1n) is 8.08. The molecule has 0 radical (unpaired) electrons. The molecule has 1 heterocycles. The van der Waals surface area contributed by atoms with Gasteiger partial charge < -0.3 is 4.98 Å². The molecule has 4 nitrogen and oxygen atoms in total. The fourth-order valence-corrected chi connectivity index (χ4v) is 2.95. The normalized spacial score (nSPS) is 10.9. The number of H-pyrrole nitrogens is 1. The number of benzene rings is 3. The average Bonchev–Trinajstić information content (AvgIpc) is 2.65. The zero-order valence-electron chi connectivity index (χ0n) is 13.5. The maximum absolute atomic E-state index is 12.4. The van der Waals surface area contributed by atoms with E-state index in [0.717, 1.165) is 21.9 Å². The standard InChI is InChI=1S/C21H16N2O2/c24-20-13-19(18-11-10-16-8-4-5-9-17(16)12-18)22-21(25)23(20)14-15-6-2-1-3-7-15/h1-13H,14H2,(H,22,25). The predicted octanol–water partition coefficient (Wildman–Crippen LogP) is 3.41. The molecule has 3 aromatic carbocycles. The summed E-state index contributed by atoms with van der Waals surface area (Å²) < 4.78 is 1.21. The lowest BCUT2D eigenvalue weighted by Crippen LogP contribution is -2.35. The Bertz CT molecular complexity index is 1130. The van der Waals surface area contributed by atoms with Crippen LogP contribution in [0, 0.1) is 0 Å². The van der Waals surface area contributed by atoms with Crippen molar-refractivity contribution in [3.05, 3.63) is 105 Å². The second-order valence-corrected chi connectivity index (χ2v) is 5.96. The SMILES string of the molecule is O=c1cc(-c2ccc3ccccc3c2)[nH]c(=O)n1Cc1ccccc1. The molecule has 0 saturated heterocycles. The Hall–Kier alpha value is -3.40. The van der Waals surface area contributed by atoms with Gasteiger partial charge in [-0.1, -0.05) is 66.7 Å². The van der Waals surface area contributed by atoms with Gasteiger partial charge in [0.05, 0.1) is 12.2 Å². The van der Waals surface area contributed by atoms with Crippen LogP contribution in [0.2, 0.25) is 0 Å². The van der Waals surface area contributed by atoms with Gasteiger partial charge in [-0.2, -0.15) is 0 Å². The fraction of sp³-hybridized carbons (Fsp3) is 0.0476. The summed E-state index contributed by atoms with van der Waals surface area (Å²) in [6.45, 7) is 0.257. The zero-order valence-corrected chi connectivity index (χ0v) is 13.5. The summed E-state index contributed by atoms with van der Waals surface area (Å²) in [5.41, 5.74) is 1.55. The van der Waals surface area contributed by atoms with Gasteiger partial charge in [-0.3, -0.25) is 9.36 Å². The maximum atomic E-state index is 12.4. The van der Waals surface area contributed by atoms with Crippen LogP contribution in [0.5, 0.6) is 0 Å². The van der Waals surface area contributed by atoms with Crippen molar-refractivity contribution < 1.29 is 0 Å². The van der Waals surface area contributed by atoms with Crippen LogP contribution in [0.15, 0.2) is 88.5 Å². The molecule has 4 heteroatoms. The van der Waals surface area contributed by atoms with E-state index in [0.29, 0.717) is 5.69 Å². The van der Waals surface area contributed by atoms with Gasteiger partial charge in [0.25, 0.3) is 5.56 Å². The number of fused-ring (bicyclic) bond motifs is 1. The average molecular weight is 328 g/mol. The molecule has 0 aliphatic carbocycles. The van der Waals surface area contributed by atoms with Crippen LogP contribution in [0.25, 0.3) is 22.0 Å². The van der Waals surface area contributed by atoms with E-state index in [1.165, 1.54) is 10.6 Å². The van der Waals surface area contributed by atoms with Crippen LogP contribution in [-0.2, 0) is 6.54 Å². The van der Waals surface area contributed by atoms with Crippen LogP contribution in [0.1, 0.15) is 5.56 Å². The van der Waals surface area contributed by atoms with Crippen molar-refractivity contribution in [3.8, 4) is 11.3 Å². The number of aromatic nitrogens is 2. The van der Waals surface area contributed by atoms with Gasteiger partial charge in [0.15, 0.2) is 0 Å². The summed E-state index contributed by atoms with van der Waals surface area (Å²) >= 11 is 0. The molecule has 0 aliphatic rings. The van der Waals surface area contributed by atoms with Gasteiger partial charge >= 0.3 is 5.69 Å². The van der Waals surface area contributed by atoms with E-state index in [9.17, 15) is 9.59 Å². The van der Waals surface area contributed by atoms with Crippen LogP contribution in [0.4, 0.5) is 0 Å². The van der Waals surface area contributed by atoms with Crippen LogP contribution >= 0.6 is 0 Å². The Morgan fingerprint density at radius 3 is 2.24 bits per heavy atom. The summed E-state index contributed by atoms with van der Waals surface area (Å²) in [5.74, 6) is 0. The summed E-state index contributed by atoms with van der Waals surface area (Å²) in [7, 11) is 0. The molecule has 0 fully saturated rings. The quantitative estimate of drug-likeness (QED) is 0.626. The summed E-state index contributed by atoms with van der Waals surface area (Å²) in [5, 5.41) is 2.18. The molecular formula is C21H16N2O2. The second kappa shape index (κ2) is 6.24. The molecule has 0 aliphatic heterocycles. The molecule has 0 bridgehead atoms. The lowest BCUT2D eigenvalue weighted by atomic mass is 10.1. The summed E-state index contributed by atoms with van der Waals surface area (Å²) in [6, 6.07) is 24.8. The van der Waals surface area contributed by atoms with E-state index in [1.807, 2.05) is 72.8 Å². The van der Waals surface area contributed by atoms with E-state index in [-0.39, 0.29) is 12.1 Å². The summed E-state index contributed by atoms with van der Waals surface area (Å²) in [4.78, 5) is 27.7. The molecule has 1 aromatic heterocycles. The van der Waals surface area contributed by atoms with Crippen molar-refractivity contribution in [2.24, 2.45) is 0 Å². The topological polar surface area (TPSA) is 54.9 Å². The molecule has 122 valence electrons. The first-order chi connectivity index (χ1) is 12.2. The Labute approximate surface area is 144 Å². The number of nitrogens with zero attached hydrogens (tertiary/aromatic N) is 1. The Morgan fingerprint density at radius 1 is 0.760 bits per heavy atom. The highest BCUT2D eigenvalue weighted by Crippen LogP contribution is 2.21. The first-order valence-corrected chi connectivity index (χ1v) is 8.08. The minimum absolute atomic E-state index is 0.257. The molecule has 1 N–H and O–H groups in total. The number of hydrogen-bond donors (Lipinski definition) is 1. The van der Waals surface area contributed by atoms with Crippen molar-refractivity contribution in [1.82, 2.24) is 9.55 Å². The van der Waals surface area contributed by atoms with E-state index in [2.05, 4.69) is 4.98 Å². The van der Waals surface area contributed by atoms with Crippen molar-refractivity contribution in [3.63, 3.8) is 0 Å². The van der Waals surface area contributed by atoms with E-state index in [4.69, 9.17) is 0 Å². The maximum Gasteiger partial charge on any atom is 0.329 e. The number of rotatable bonds is 3. The smallest absolute Gasteiger partial charge is 0.307 e. The number of nitrogens with one attached hydrogen (secondary N) is 1. The largest absolute Gasteiger partial charge is 0.329 e. The Balaban J connectivity index is 1.76. The highest BCUT2D eigenvalue weighted by Gasteiger charge is 2.07. The van der Waals surface area contributed by atoms with Crippen LogP contribution in [0.3, 0.4) is 0 Å². The third-order valence-electron chi connectivity index (χ3n) is 4.26. The second-order valence-electron chi connectivity index (χ2n) is 5.96. The molecule has 0 spiro atoms. The highest BCUT2D eigenvalue weighted by molar-refractivity contribution is 5.86. The molecule has 0 unspecified atom stereocenters. The van der Waals surface area contributed by atoms with Gasteiger partial charge in [-0.25, -0.2) is 4.79 Å².